The Labute approximate surface area is 112 Å². The molecule has 1 heterocycles. The Morgan fingerprint density at radius 1 is 1.16 bits per heavy atom. The molecule has 2 N–H and O–H groups in total. The van der Waals surface area contributed by atoms with Crippen molar-refractivity contribution in [2.24, 2.45) is 0 Å². The van der Waals surface area contributed by atoms with Crippen LogP contribution in [0.15, 0.2) is 41.4 Å². The first-order valence-electron chi connectivity index (χ1n) is 6.39. The van der Waals surface area contributed by atoms with Gasteiger partial charge in [0.15, 0.2) is 0 Å². The topological polar surface area (TPSA) is 62.0 Å². The van der Waals surface area contributed by atoms with Crippen molar-refractivity contribution in [2.45, 2.75) is 30.7 Å². The Balaban J connectivity index is 1.80. The van der Waals surface area contributed by atoms with E-state index in [1.807, 2.05) is 18.2 Å². The number of aryl methyl sites for hydroxylation is 2. The van der Waals surface area contributed by atoms with Gasteiger partial charge in [-0.3, -0.25) is 0 Å². The van der Waals surface area contributed by atoms with E-state index >= 15 is 0 Å². The summed E-state index contributed by atoms with van der Waals surface area (Å²) in [5.41, 5.74) is 3.30. The summed E-state index contributed by atoms with van der Waals surface area (Å²) >= 11 is 0. The molecule has 0 amide bonds. The van der Waals surface area contributed by atoms with Gasteiger partial charge in [-0.1, -0.05) is 6.07 Å². The molecule has 0 fully saturated rings. The van der Waals surface area contributed by atoms with E-state index in [1.165, 1.54) is 11.1 Å². The third-order valence-corrected chi connectivity index (χ3v) is 4.89. The van der Waals surface area contributed by atoms with E-state index < -0.39 is 10.0 Å². The van der Waals surface area contributed by atoms with Gasteiger partial charge in [-0.2, -0.15) is 0 Å². The van der Waals surface area contributed by atoms with E-state index in [-0.39, 0.29) is 6.54 Å². The molecule has 0 radical (unpaired) electrons. The maximum absolute atomic E-state index is 12.2. The van der Waals surface area contributed by atoms with Gasteiger partial charge in [0.2, 0.25) is 10.0 Å². The molecule has 4 nitrogen and oxygen atoms in total. The van der Waals surface area contributed by atoms with Crippen LogP contribution in [0.5, 0.6) is 0 Å². The van der Waals surface area contributed by atoms with Crippen molar-refractivity contribution in [1.82, 2.24) is 9.71 Å². The Hall–Kier alpha value is -1.59. The fraction of sp³-hybridized carbons (Fsp3) is 0.286. The Morgan fingerprint density at radius 2 is 2.00 bits per heavy atom. The fourth-order valence-corrected chi connectivity index (χ4v) is 3.51. The summed E-state index contributed by atoms with van der Waals surface area (Å²) in [4.78, 5) is 3.34. The van der Waals surface area contributed by atoms with Crippen LogP contribution >= 0.6 is 0 Å². The van der Waals surface area contributed by atoms with Crippen LogP contribution in [0, 0.1) is 0 Å². The first kappa shape index (κ1) is 12.4. The highest BCUT2D eigenvalue weighted by Crippen LogP contribution is 2.24. The summed E-state index contributed by atoms with van der Waals surface area (Å²) in [7, 11) is -3.43. The first-order valence-corrected chi connectivity index (χ1v) is 7.87. The number of sulfonamides is 1. The minimum atomic E-state index is -3.43. The molecular formula is C14H16N2O2S. The molecule has 1 aliphatic rings. The van der Waals surface area contributed by atoms with E-state index in [0.717, 1.165) is 25.0 Å². The molecule has 19 heavy (non-hydrogen) atoms. The molecule has 1 aliphatic carbocycles. The van der Waals surface area contributed by atoms with Gasteiger partial charge in [-0.05, 0) is 54.7 Å². The molecule has 0 unspecified atom stereocenters. The summed E-state index contributed by atoms with van der Waals surface area (Å²) in [6.07, 6.45) is 4.94. The molecule has 3 rings (SSSR count). The third-order valence-electron chi connectivity index (χ3n) is 3.50. The maximum atomic E-state index is 12.2. The molecule has 0 bridgehead atoms. The van der Waals surface area contributed by atoms with Crippen molar-refractivity contribution in [3.63, 3.8) is 0 Å². The van der Waals surface area contributed by atoms with Crippen LogP contribution in [-0.2, 0) is 29.4 Å². The maximum Gasteiger partial charge on any atom is 0.240 e. The van der Waals surface area contributed by atoms with Gasteiger partial charge in [0.1, 0.15) is 0 Å². The van der Waals surface area contributed by atoms with E-state index in [0.29, 0.717) is 4.90 Å². The van der Waals surface area contributed by atoms with Crippen molar-refractivity contribution >= 4 is 10.0 Å². The van der Waals surface area contributed by atoms with Crippen molar-refractivity contribution in [2.75, 3.05) is 0 Å². The zero-order chi connectivity index (χ0) is 13.3. The quantitative estimate of drug-likeness (QED) is 0.897. The van der Waals surface area contributed by atoms with Gasteiger partial charge < -0.3 is 4.98 Å². The normalized spacial score (nSPS) is 14.5. The standard InChI is InChI=1S/C14H16N2O2S/c17-19(18,16-10-13-5-2-8-15-13)14-7-6-11-3-1-4-12(11)9-14/h2,5-9,15-16H,1,3-4,10H2. The Bertz CT molecular complexity index is 675. The van der Waals surface area contributed by atoms with E-state index in [1.54, 1.807) is 18.3 Å². The van der Waals surface area contributed by atoms with E-state index in [2.05, 4.69) is 9.71 Å². The highest BCUT2D eigenvalue weighted by Gasteiger charge is 2.18. The summed E-state index contributed by atoms with van der Waals surface area (Å²) in [6, 6.07) is 9.14. The average Bonchev–Trinajstić information content (AvgIpc) is 3.06. The van der Waals surface area contributed by atoms with Gasteiger partial charge in [0.25, 0.3) is 0 Å². The molecule has 0 atom stereocenters. The zero-order valence-electron chi connectivity index (χ0n) is 10.5. The molecule has 1 aromatic carbocycles. The second kappa shape index (κ2) is 4.83. The lowest BCUT2D eigenvalue weighted by Gasteiger charge is -2.08. The molecule has 0 saturated heterocycles. The molecule has 2 aromatic rings. The molecule has 0 spiro atoms. The van der Waals surface area contributed by atoms with Crippen molar-refractivity contribution in [3.8, 4) is 0 Å². The number of hydrogen-bond donors (Lipinski definition) is 2. The van der Waals surface area contributed by atoms with Crippen LogP contribution in [0.4, 0.5) is 0 Å². The number of benzene rings is 1. The second-order valence-corrected chi connectivity index (χ2v) is 6.57. The van der Waals surface area contributed by atoms with Crippen LogP contribution < -0.4 is 4.72 Å². The highest BCUT2D eigenvalue weighted by atomic mass is 32.2. The van der Waals surface area contributed by atoms with Crippen molar-refractivity contribution in [1.29, 1.82) is 0 Å². The summed E-state index contributed by atoms with van der Waals surface area (Å²) < 4.78 is 27.0. The molecule has 0 saturated carbocycles. The summed E-state index contributed by atoms with van der Waals surface area (Å²) in [5, 5.41) is 0. The van der Waals surface area contributed by atoms with Crippen LogP contribution in [-0.4, -0.2) is 13.4 Å². The predicted octanol–water partition coefficient (Wildman–Crippen LogP) is 1.98. The molecular weight excluding hydrogens is 260 g/mol. The number of fused-ring (bicyclic) bond motifs is 1. The number of rotatable bonds is 4. The number of hydrogen-bond acceptors (Lipinski definition) is 2. The second-order valence-electron chi connectivity index (χ2n) is 4.80. The number of aromatic amines is 1. The van der Waals surface area contributed by atoms with Crippen LogP contribution in [0.2, 0.25) is 0 Å². The van der Waals surface area contributed by atoms with Crippen LogP contribution in [0.3, 0.4) is 0 Å². The van der Waals surface area contributed by atoms with Gasteiger partial charge in [0, 0.05) is 11.9 Å². The highest BCUT2D eigenvalue weighted by molar-refractivity contribution is 7.89. The zero-order valence-corrected chi connectivity index (χ0v) is 11.3. The van der Waals surface area contributed by atoms with Gasteiger partial charge in [0.05, 0.1) is 11.4 Å². The Kier molecular flexibility index (Phi) is 3.16. The van der Waals surface area contributed by atoms with Gasteiger partial charge in [-0.25, -0.2) is 13.1 Å². The lowest BCUT2D eigenvalue weighted by molar-refractivity contribution is 0.580. The van der Waals surface area contributed by atoms with Crippen LogP contribution in [0.25, 0.3) is 0 Å². The lowest BCUT2D eigenvalue weighted by Crippen LogP contribution is -2.23. The number of nitrogens with one attached hydrogen (secondary N) is 2. The molecule has 1 aromatic heterocycles. The number of aromatic nitrogens is 1. The van der Waals surface area contributed by atoms with Crippen LogP contribution in [0.1, 0.15) is 23.2 Å². The van der Waals surface area contributed by atoms with Gasteiger partial charge >= 0.3 is 0 Å². The monoisotopic (exact) mass is 276 g/mol. The van der Waals surface area contributed by atoms with Crippen molar-refractivity contribution in [3.05, 3.63) is 53.3 Å². The predicted molar refractivity (Wildman–Crippen MR) is 73.3 cm³/mol. The smallest absolute Gasteiger partial charge is 0.240 e. The van der Waals surface area contributed by atoms with Crippen molar-refractivity contribution < 1.29 is 8.42 Å². The summed E-state index contributed by atoms with van der Waals surface area (Å²) in [5.74, 6) is 0. The molecule has 100 valence electrons. The molecule has 0 aliphatic heterocycles. The summed E-state index contributed by atoms with van der Waals surface area (Å²) in [6.45, 7) is 0.284. The minimum Gasteiger partial charge on any atom is -0.364 e. The average molecular weight is 276 g/mol. The first-order chi connectivity index (χ1) is 9.15. The van der Waals surface area contributed by atoms with Gasteiger partial charge in [-0.15, -0.1) is 0 Å². The van der Waals surface area contributed by atoms with E-state index in [9.17, 15) is 8.42 Å². The third kappa shape index (κ3) is 2.57. The SMILES string of the molecule is O=S(=O)(NCc1ccc[nH]1)c1ccc2c(c1)CCC2. The lowest BCUT2D eigenvalue weighted by atomic mass is 10.1. The largest absolute Gasteiger partial charge is 0.364 e. The molecule has 5 heteroatoms. The number of H-pyrrole nitrogens is 1. The minimum absolute atomic E-state index is 0.284. The van der Waals surface area contributed by atoms with E-state index in [4.69, 9.17) is 0 Å². The Morgan fingerprint density at radius 3 is 2.79 bits per heavy atom. The fourth-order valence-electron chi connectivity index (χ4n) is 2.45.